The molecule has 0 spiro atoms. The van der Waals surface area contributed by atoms with Gasteiger partial charge in [0.05, 0.1) is 12.8 Å². The van der Waals surface area contributed by atoms with Gasteiger partial charge in [-0.2, -0.15) is 0 Å². The maximum atomic E-state index is 11.5. The molecule has 18 heavy (non-hydrogen) atoms. The molecule has 0 saturated carbocycles. The minimum Gasteiger partial charge on any atom is -0.481 e. The minimum absolute atomic E-state index is 0.220. The lowest BCUT2D eigenvalue weighted by molar-refractivity contribution is 0.177. The summed E-state index contributed by atoms with van der Waals surface area (Å²) >= 11 is 0. The molecule has 94 valence electrons. The normalized spacial score (nSPS) is 10.3. The highest BCUT2D eigenvalue weighted by Crippen LogP contribution is 2.16. The van der Waals surface area contributed by atoms with E-state index >= 15 is 0 Å². The van der Waals surface area contributed by atoms with Crippen molar-refractivity contribution >= 4 is 0 Å². The highest BCUT2D eigenvalue weighted by molar-refractivity contribution is 5.57. The molecule has 0 aliphatic heterocycles. The van der Waals surface area contributed by atoms with Crippen LogP contribution in [0, 0.1) is 0 Å². The largest absolute Gasteiger partial charge is 0.481 e. The number of hydrogen-bond donors (Lipinski definition) is 1. The second-order valence-corrected chi connectivity index (χ2v) is 3.60. The average Bonchev–Trinajstić information content (AvgIpc) is 2.38. The molecule has 2 aromatic heterocycles. The van der Waals surface area contributed by atoms with Gasteiger partial charge in [0, 0.05) is 31.0 Å². The van der Waals surface area contributed by atoms with E-state index in [-0.39, 0.29) is 12.2 Å². The number of aromatic amines is 1. The summed E-state index contributed by atoms with van der Waals surface area (Å²) in [4.78, 5) is 22.5. The van der Waals surface area contributed by atoms with E-state index in [0.29, 0.717) is 17.4 Å². The van der Waals surface area contributed by atoms with Crippen LogP contribution in [0.25, 0.3) is 11.3 Å². The van der Waals surface area contributed by atoms with Gasteiger partial charge in [0.2, 0.25) is 5.88 Å². The van der Waals surface area contributed by atoms with E-state index in [2.05, 4.69) is 15.0 Å². The maximum Gasteiger partial charge on any atom is 0.251 e. The van der Waals surface area contributed by atoms with Gasteiger partial charge in [-0.15, -0.1) is 0 Å². The molecule has 2 aromatic rings. The summed E-state index contributed by atoms with van der Waals surface area (Å²) in [7, 11) is 3.09. The zero-order valence-electron chi connectivity index (χ0n) is 10.1. The third kappa shape index (κ3) is 2.72. The smallest absolute Gasteiger partial charge is 0.251 e. The Balaban J connectivity index is 2.39. The standard InChI is InChI=1S/C12H13N3O3/c1-17-7-10-14-9(5-11(16)15-10)8-3-4-12(18-2)13-6-8/h3-6H,7H2,1-2H3,(H,14,15,16). The van der Waals surface area contributed by atoms with Crippen LogP contribution in [-0.2, 0) is 11.3 Å². The lowest BCUT2D eigenvalue weighted by Gasteiger charge is -2.04. The number of ether oxygens (including phenoxy) is 2. The van der Waals surface area contributed by atoms with Crippen molar-refractivity contribution in [1.29, 1.82) is 0 Å². The molecule has 0 aliphatic carbocycles. The van der Waals surface area contributed by atoms with Crippen LogP contribution in [0.5, 0.6) is 5.88 Å². The lowest BCUT2D eigenvalue weighted by Crippen LogP contribution is -2.11. The first-order valence-electron chi connectivity index (χ1n) is 5.32. The molecule has 0 unspecified atom stereocenters. The topological polar surface area (TPSA) is 77.1 Å². The van der Waals surface area contributed by atoms with Crippen molar-refractivity contribution in [2.45, 2.75) is 6.61 Å². The van der Waals surface area contributed by atoms with Gasteiger partial charge in [0.1, 0.15) is 12.4 Å². The fourth-order valence-electron chi connectivity index (χ4n) is 1.51. The number of H-pyrrole nitrogens is 1. The van der Waals surface area contributed by atoms with Gasteiger partial charge in [-0.05, 0) is 6.07 Å². The van der Waals surface area contributed by atoms with Crippen molar-refractivity contribution in [1.82, 2.24) is 15.0 Å². The Bertz CT molecular complexity index is 578. The molecule has 0 atom stereocenters. The number of pyridine rings is 1. The van der Waals surface area contributed by atoms with Gasteiger partial charge in [-0.3, -0.25) is 4.79 Å². The SMILES string of the molecule is COCc1nc(-c2ccc(OC)nc2)cc(=O)[nH]1. The minimum atomic E-state index is -0.220. The number of aromatic nitrogens is 3. The zero-order chi connectivity index (χ0) is 13.0. The predicted molar refractivity (Wildman–Crippen MR) is 65.4 cm³/mol. The number of nitrogens with zero attached hydrogens (tertiary/aromatic N) is 2. The first-order chi connectivity index (χ1) is 8.72. The molecule has 0 radical (unpaired) electrons. The molecule has 0 aliphatic rings. The highest BCUT2D eigenvalue weighted by Gasteiger charge is 2.05. The van der Waals surface area contributed by atoms with Crippen LogP contribution in [-0.4, -0.2) is 29.2 Å². The van der Waals surface area contributed by atoms with Crippen LogP contribution in [0.3, 0.4) is 0 Å². The van der Waals surface area contributed by atoms with Crippen LogP contribution in [0.15, 0.2) is 29.2 Å². The van der Waals surface area contributed by atoms with Gasteiger partial charge in [0.25, 0.3) is 5.56 Å². The number of nitrogens with one attached hydrogen (secondary N) is 1. The number of rotatable bonds is 4. The van der Waals surface area contributed by atoms with E-state index in [0.717, 1.165) is 5.56 Å². The summed E-state index contributed by atoms with van der Waals surface area (Å²) in [5, 5.41) is 0. The summed E-state index contributed by atoms with van der Waals surface area (Å²) in [6, 6.07) is 4.93. The summed E-state index contributed by atoms with van der Waals surface area (Å²) in [5.41, 5.74) is 1.09. The Kier molecular flexibility index (Phi) is 3.69. The van der Waals surface area contributed by atoms with Gasteiger partial charge in [0.15, 0.2) is 0 Å². The first kappa shape index (κ1) is 12.3. The summed E-state index contributed by atoms with van der Waals surface area (Å²) in [6.07, 6.45) is 1.61. The van der Waals surface area contributed by atoms with E-state index in [1.54, 1.807) is 32.5 Å². The summed E-state index contributed by atoms with van der Waals surface area (Å²) < 4.78 is 9.91. The molecule has 6 nitrogen and oxygen atoms in total. The quantitative estimate of drug-likeness (QED) is 0.871. The lowest BCUT2D eigenvalue weighted by atomic mass is 10.2. The maximum absolute atomic E-state index is 11.5. The Morgan fingerprint density at radius 1 is 1.33 bits per heavy atom. The Morgan fingerprint density at radius 3 is 2.78 bits per heavy atom. The molecule has 0 fully saturated rings. The monoisotopic (exact) mass is 247 g/mol. The number of methoxy groups -OCH3 is 2. The van der Waals surface area contributed by atoms with Crippen molar-refractivity contribution in [2.24, 2.45) is 0 Å². The van der Waals surface area contributed by atoms with Crippen molar-refractivity contribution in [3.63, 3.8) is 0 Å². The van der Waals surface area contributed by atoms with Gasteiger partial charge in [-0.1, -0.05) is 0 Å². The van der Waals surface area contributed by atoms with Crippen LogP contribution < -0.4 is 10.3 Å². The molecule has 2 rings (SSSR count). The second-order valence-electron chi connectivity index (χ2n) is 3.60. The summed E-state index contributed by atoms with van der Waals surface area (Å²) in [5.74, 6) is 0.997. The van der Waals surface area contributed by atoms with Gasteiger partial charge >= 0.3 is 0 Å². The van der Waals surface area contributed by atoms with Crippen LogP contribution in [0.2, 0.25) is 0 Å². The molecule has 0 aromatic carbocycles. The van der Waals surface area contributed by atoms with Crippen LogP contribution in [0.4, 0.5) is 0 Å². The van der Waals surface area contributed by atoms with Crippen molar-refractivity contribution in [2.75, 3.05) is 14.2 Å². The highest BCUT2D eigenvalue weighted by atomic mass is 16.5. The Hall–Kier alpha value is -2.21. The van der Waals surface area contributed by atoms with E-state index in [1.807, 2.05) is 0 Å². The van der Waals surface area contributed by atoms with Crippen molar-refractivity contribution < 1.29 is 9.47 Å². The third-order valence-electron chi connectivity index (χ3n) is 2.31. The van der Waals surface area contributed by atoms with Crippen molar-refractivity contribution in [3.05, 3.63) is 40.6 Å². The van der Waals surface area contributed by atoms with E-state index in [1.165, 1.54) is 6.07 Å². The van der Waals surface area contributed by atoms with E-state index in [9.17, 15) is 4.79 Å². The van der Waals surface area contributed by atoms with Gasteiger partial charge < -0.3 is 14.5 Å². The molecule has 0 amide bonds. The average molecular weight is 247 g/mol. The Morgan fingerprint density at radius 2 is 2.17 bits per heavy atom. The van der Waals surface area contributed by atoms with Crippen LogP contribution >= 0.6 is 0 Å². The molecular formula is C12H13N3O3. The molecule has 1 N–H and O–H groups in total. The van der Waals surface area contributed by atoms with E-state index in [4.69, 9.17) is 9.47 Å². The molecule has 0 saturated heterocycles. The van der Waals surface area contributed by atoms with Crippen molar-refractivity contribution in [3.8, 4) is 17.1 Å². The zero-order valence-corrected chi connectivity index (χ0v) is 10.1. The Labute approximate surface area is 104 Å². The number of hydrogen-bond acceptors (Lipinski definition) is 5. The predicted octanol–water partition coefficient (Wildman–Crippen LogP) is 0.987. The fraction of sp³-hybridized carbons (Fsp3) is 0.250. The molecular weight excluding hydrogens is 234 g/mol. The van der Waals surface area contributed by atoms with E-state index < -0.39 is 0 Å². The van der Waals surface area contributed by atoms with Gasteiger partial charge in [-0.25, -0.2) is 9.97 Å². The summed E-state index contributed by atoms with van der Waals surface area (Å²) in [6.45, 7) is 0.257. The third-order valence-corrected chi connectivity index (χ3v) is 2.31. The first-order valence-corrected chi connectivity index (χ1v) is 5.32. The van der Waals surface area contributed by atoms with Crippen LogP contribution in [0.1, 0.15) is 5.82 Å². The molecule has 2 heterocycles. The molecule has 0 bridgehead atoms. The second kappa shape index (κ2) is 5.42. The fourth-order valence-corrected chi connectivity index (χ4v) is 1.51. The molecule has 6 heteroatoms.